The predicted molar refractivity (Wildman–Crippen MR) is 120 cm³/mol. The molecular weight excluding hydrogens is 414 g/mol. The van der Waals surface area contributed by atoms with Gasteiger partial charge in [-0.25, -0.2) is 0 Å². The van der Waals surface area contributed by atoms with Gasteiger partial charge < -0.3 is 19.3 Å². The molecule has 0 fully saturated rings. The van der Waals surface area contributed by atoms with E-state index < -0.39 is 4.92 Å². The van der Waals surface area contributed by atoms with Crippen molar-refractivity contribution in [1.82, 2.24) is 0 Å². The third kappa shape index (κ3) is 5.20. The molecule has 0 unspecified atom stereocenters. The van der Waals surface area contributed by atoms with Crippen molar-refractivity contribution in [2.24, 2.45) is 10.2 Å². The number of nitro benzene ring substituents is 1. The standard InChI is InChI=1S/C23H21N3O6/c1-30-21-13-16(14-22(31-2)23(21)32-3)5-4-15-6-11-20(27)19(12-15)25-24-17-7-9-18(10-8-17)26(28)29/h4-14,27H,1-3H3/b5-4-,25-24?. The maximum absolute atomic E-state index is 10.7. The minimum atomic E-state index is -0.490. The van der Waals surface area contributed by atoms with Crippen molar-refractivity contribution in [2.75, 3.05) is 21.3 Å². The summed E-state index contributed by atoms with van der Waals surface area (Å²) >= 11 is 0. The molecular formula is C23H21N3O6. The topological polar surface area (TPSA) is 116 Å². The lowest BCUT2D eigenvalue weighted by Crippen LogP contribution is -1.95. The van der Waals surface area contributed by atoms with Crippen molar-refractivity contribution in [2.45, 2.75) is 0 Å². The van der Waals surface area contributed by atoms with Crippen LogP contribution in [0.15, 0.2) is 64.8 Å². The Morgan fingerprint density at radius 1 is 0.844 bits per heavy atom. The summed E-state index contributed by atoms with van der Waals surface area (Å²) < 4.78 is 16.1. The van der Waals surface area contributed by atoms with Gasteiger partial charge in [0, 0.05) is 12.1 Å². The van der Waals surface area contributed by atoms with E-state index in [0.29, 0.717) is 22.9 Å². The number of benzene rings is 3. The summed E-state index contributed by atoms with van der Waals surface area (Å²) in [5, 5.41) is 28.9. The van der Waals surface area contributed by atoms with Crippen molar-refractivity contribution < 1.29 is 24.2 Å². The van der Waals surface area contributed by atoms with Crippen LogP contribution in [-0.2, 0) is 0 Å². The van der Waals surface area contributed by atoms with E-state index in [4.69, 9.17) is 14.2 Å². The number of aromatic hydroxyl groups is 1. The van der Waals surface area contributed by atoms with Crippen LogP contribution in [0.4, 0.5) is 17.1 Å². The SMILES string of the molecule is COc1cc(/C=C\c2ccc(O)c(N=Nc3ccc([N+](=O)[O-])cc3)c2)cc(OC)c1OC. The molecule has 164 valence electrons. The van der Waals surface area contributed by atoms with Gasteiger partial charge >= 0.3 is 0 Å². The molecule has 0 saturated heterocycles. The van der Waals surface area contributed by atoms with Gasteiger partial charge in [-0.05, 0) is 47.5 Å². The molecule has 0 amide bonds. The number of phenolic OH excluding ortho intramolecular Hbond substituents is 1. The van der Waals surface area contributed by atoms with Crippen molar-refractivity contribution in [3.8, 4) is 23.0 Å². The summed E-state index contributed by atoms with van der Waals surface area (Å²) in [7, 11) is 4.64. The lowest BCUT2D eigenvalue weighted by Gasteiger charge is -2.12. The third-order valence-corrected chi connectivity index (χ3v) is 4.49. The van der Waals surface area contributed by atoms with Gasteiger partial charge in [-0.2, -0.15) is 5.11 Å². The smallest absolute Gasteiger partial charge is 0.269 e. The van der Waals surface area contributed by atoms with E-state index >= 15 is 0 Å². The molecule has 3 rings (SSSR count). The quantitative estimate of drug-likeness (QED) is 0.203. The summed E-state index contributed by atoms with van der Waals surface area (Å²) in [6.07, 6.45) is 3.69. The van der Waals surface area contributed by atoms with Crippen molar-refractivity contribution in [3.63, 3.8) is 0 Å². The Bertz CT molecular complexity index is 1150. The highest BCUT2D eigenvalue weighted by Gasteiger charge is 2.12. The molecule has 32 heavy (non-hydrogen) atoms. The Morgan fingerprint density at radius 2 is 1.47 bits per heavy atom. The molecule has 0 spiro atoms. The van der Waals surface area contributed by atoms with E-state index in [2.05, 4.69) is 10.2 Å². The average molecular weight is 435 g/mol. The fraction of sp³-hybridized carbons (Fsp3) is 0.130. The first kappa shape index (κ1) is 22.3. The zero-order chi connectivity index (χ0) is 23.1. The van der Waals surface area contributed by atoms with E-state index in [1.165, 1.54) is 30.3 Å². The monoisotopic (exact) mass is 435 g/mol. The number of nitro groups is 1. The highest BCUT2D eigenvalue weighted by molar-refractivity contribution is 5.74. The average Bonchev–Trinajstić information content (AvgIpc) is 2.82. The lowest BCUT2D eigenvalue weighted by atomic mass is 10.1. The van der Waals surface area contributed by atoms with Gasteiger partial charge in [0.25, 0.3) is 5.69 Å². The van der Waals surface area contributed by atoms with Crippen LogP contribution in [0.25, 0.3) is 12.2 Å². The Morgan fingerprint density at radius 3 is 2.03 bits per heavy atom. The van der Waals surface area contributed by atoms with Crippen LogP contribution >= 0.6 is 0 Å². The molecule has 3 aromatic carbocycles. The Hall–Kier alpha value is -4.40. The zero-order valence-electron chi connectivity index (χ0n) is 17.7. The highest BCUT2D eigenvalue weighted by atomic mass is 16.6. The number of methoxy groups -OCH3 is 3. The summed E-state index contributed by atoms with van der Waals surface area (Å²) in [6, 6.07) is 14.2. The molecule has 9 heteroatoms. The van der Waals surface area contributed by atoms with Crippen molar-refractivity contribution in [1.29, 1.82) is 0 Å². The van der Waals surface area contributed by atoms with E-state index in [1.54, 1.807) is 33.5 Å². The van der Waals surface area contributed by atoms with E-state index in [1.807, 2.05) is 24.3 Å². The number of azo groups is 1. The molecule has 0 bridgehead atoms. The van der Waals surface area contributed by atoms with Crippen LogP contribution in [0.5, 0.6) is 23.0 Å². The van der Waals surface area contributed by atoms with E-state index in [9.17, 15) is 15.2 Å². The molecule has 0 aliphatic rings. The van der Waals surface area contributed by atoms with Crippen LogP contribution in [0.1, 0.15) is 11.1 Å². The van der Waals surface area contributed by atoms with Crippen LogP contribution in [0.2, 0.25) is 0 Å². The number of hydrogen-bond donors (Lipinski definition) is 1. The fourth-order valence-electron chi connectivity index (χ4n) is 2.87. The number of rotatable bonds is 8. The molecule has 0 heterocycles. The first-order valence-electron chi connectivity index (χ1n) is 9.42. The zero-order valence-corrected chi connectivity index (χ0v) is 17.7. The number of ether oxygens (including phenoxy) is 3. The first-order valence-corrected chi connectivity index (χ1v) is 9.42. The lowest BCUT2D eigenvalue weighted by molar-refractivity contribution is -0.384. The van der Waals surface area contributed by atoms with Gasteiger partial charge in [0.1, 0.15) is 11.4 Å². The maximum Gasteiger partial charge on any atom is 0.269 e. The van der Waals surface area contributed by atoms with Crippen LogP contribution in [0.3, 0.4) is 0 Å². The second kappa shape index (κ2) is 10.1. The minimum absolute atomic E-state index is 0.0364. The second-order valence-corrected chi connectivity index (χ2v) is 6.51. The van der Waals surface area contributed by atoms with Crippen LogP contribution < -0.4 is 14.2 Å². The maximum atomic E-state index is 10.7. The Kier molecular flexibility index (Phi) is 7.02. The molecule has 0 aliphatic heterocycles. The molecule has 9 nitrogen and oxygen atoms in total. The van der Waals surface area contributed by atoms with Crippen molar-refractivity contribution in [3.05, 3.63) is 75.8 Å². The molecule has 0 atom stereocenters. The summed E-state index contributed by atoms with van der Waals surface area (Å²) in [6.45, 7) is 0. The summed E-state index contributed by atoms with van der Waals surface area (Å²) in [4.78, 5) is 10.2. The number of phenols is 1. The van der Waals surface area contributed by atoms with Crippen molar-refractivity contribution >= 4 is 29.2 Å². The van der Waals surface area contributed by atoms with Gasteiger partial charge in [0.15, 0.2) is 11.5 Å². The minimum Gasteiger partial charge on any atom is -0.506 e. The molecule has 0 aromatic heterocycles. The number of hydrogen-bond acceptors (Lipinski definition) is 8. The normalized spacial score (nSPS) is 11.1. The third-order valence-electron chi connectivity index (χ3n) is 4.49. The Labute approximate surface area is 184 Å². The largest absolute Gasteiger partial charge is 0.506 e. The molecule has 0 radical (unpaired) electrons. The Balaban J connectivity index is 1.84. The van der Waals surface area contributed by atoms with Gasteiger partial charge in [0.2, 0.25) is 5.75 Å². The van der Waals surface area contributed by atoms with Crippen LogP contribution in [0, 0.1) is 10.1 Å². The predicted octanol–water partition coefficient (Wildman–Crippen LogP) is 5.91. The van der Waals surface area contributed by atoms with Gasteiger partial charge in [-0.15, -0.1) is 5.11 Å². The van der Waals surface area contributed by atoms with E-state index in [-0.39, 0.29) is 17.1 Å². The number of non-ortho nitro benzene ring substituents is 1. The fourth-order valence-corrected chi connectivity index (χ4v) is 2.87. The van der Waals surface area contributed by atoms with Gasteiger partial charge in [-0.1, -0.05) is 18.2 Å². The molecule has 1 N–H and O–H groups in total. The van der Waals surface area contributed by atoms with Crippen LogP contribution in [-0.4, -0.2) is 31.4 Å². The van der Waals surface area contributed by atoms with Gasteiger partial charge in [0.05, 0.1) is 31.9 Å². The first-order chi connectivity index (χ1) is 15.4. The molecule has 0 aliphatic carbocycles. The summed E-state index contributed by atoms with van der Waals surface area (Å²) in [5.74, 6) is 1.54. The van der Waals surface area contributed by atoms with E-state index in [0.717, 1.165) is 11.1 Å². The summed E-state index contributed by atoms with van der Waals surface area (Å²) in [5.41, 5.74) is 2.24. The second-order valence-electron chi connectivity index (χ2n) is 6.51. The number of nitrogens with zero attached hydrogens (tertiary/aromatic N) is 3. The highest BCUT2D eigenvalue weighted by Crippen LogP contribution is 2.38. The van der Waals surface area contributed by atoms with Gasteiger partial charge in [-0.3, -0.25) is 10.1 Å². The molecule has 0 saturated carbocycles. The molecule has 3 aromatic rings.